The molecule has 0 spiro atoms. The number of hydrogen-bond donors (Lipinski definition) is 1. The third-order valence-corrected chi connectivity index (χ3v) is 7.05. The lowest BCUT2D eigenvalue weighted by Crippen LogP contribution is -2.39. The maximum absolute atomic E-state index is 13.3. The van der Waals surface area contributed by atoms with Crippen LogP contribution >= 0.6 is 23.2 Å². The van der Waals surface area contributed by atoms with Crippen molar-refractivity contribution in [2.45, 2.75) is 26.3 Å². The number of Topliss-reactive ketones (excluding diaryl/α,β-unsaturated/α-hetero) is 1. The van der Waals surface area contributed by atoms with Gasteiger partial charge >= 0.3 is 0 Å². The van der Waals surface area contributed by atoms with E-state index in [4.69, 9.17) is 32.7 Å². The number of carbonyl (C=O) groups is 2. The number of halogens is 2. The van der Waals surface area contributed by atoms with E-state index in [2.05, 4.69) is 18.7 Å². The van der Waals surface area contributed by atoms with Crippen molar-refractivity contribution in [2.24, 2.45) is 5.92 Å². The van der Waals surface area contributed by atoms with Crippen LogP contribution in [-0.4, -0.2) is 72.6 Å². The summed E-state index contributed by atoms with van der Waals surface area (Å²) in [6.45, 7) is 8.83. The van der Waals surface area contributed by atoms with E-state index >= 15 is 0 Å². The summed E-state index contributed by atoms with van der Waals surface area (Å²) in [6.07, 6.45) is 0.663. The van der Waals surface area contributed by atoms with E-state index in [0.717, 1.165) is 19.6 Å². The van der Waals surface area contributed by atoms with Gasteiger partial charge in [-0.3, -0.25) is 14.5 Å². The summed E-state index contributed by atoms with van der Waals surface area (Å²) in [5.74, 6) is -0.612. The second-order valence-corrected chi connectivity index (χ2v) is 10.5. The van der Waals surface area contributed by atoms with Crippen molar-refractivity contribution in [2.75, 3.05) is 46.0 Å². The summed E-state index contributed by atoms with van der Waals surface area (Å²) in [7, 11) is 0. The molecule has 2 aromatic rings. The number of aliphatic hydroxyl groups is 1. The van der Waals surface area contributed by atoms with Gasteiger partial charge in [0.25, 0.3) is 11.7 Å². The number of benzene rings is 2. The van der Waals surface area contributed by atoms with Crippen molar-refractivity contribution in [3.8, 4) is 5.75 Å². The Balaban J connectivity index is 1.65. The van der Waals surface area contributed by atoms with Gasteiger partial charge in [0.2, 0.25) is 0 Å². The Morgan fingerprint density at radius 1 is 1.08 bits per heavy atom. The largest absolute Gasteiger partial charge is 0.507 e. The van der Waals surface area contributed by atoms with Crippen LogP contribution in [0.25, 0.3) is 5.76 Å². The molecular formula is C28H32Cl2N2O5. The van der Waals surface area contributed by atoms with Crippen LogP contribution < -0.4 is 4.74 Å². The molecule has 1 atom stereocenters. The van der Waals surface area contributed by atoms with Crippen LogP contribution in [0.2, 0.25) is 10.0 Å². The number of ether oxygens (including phenoxy) is 2. The Morgan fingerprint density at radius 2 is 1.78 bits per heavy atom. The summed E-state index contributed by atoms with van der Waals surface area (Å²) < 4.78 is 11.1. The fourth-order valence-electron chi connectivity index (χ4n) is 4.57. The molecule has 1 N–H and O–H groups in total. The molecule has 4 rings (SSSR count). The van der Waals surface area contributed by atoms with Crippen molar-refractivity contribution < 1.29 is 24.2 Å². The fourth-order valence-corrected chi connectivity index (χ4v) is 5.09. The molecule has 2 aliphatic heterocycles. The molecule has 2 saturated heterocycles. The molecule has 0 aliphatic carbocycles. The van der Waals surface area contributed by atoms with Crippen LogP contribution in [0.4, 0.5) is 0 Å². The highest BCUT2D eigenvalue weighted by atomic mass is 35.5. The first kappa shape index (κ1) is 27.5. The highest BCUT2D eigenvalue weighted by Crippen LogP contribution is 2.42. The lowest BCUT2D eigenvalue weighted by atomic mass is 9.95. The number of likely N-dealkylation sites (tertiary alicyclic amines) is 1. The van der Waals surface area contributed by atoms with Crippen LogP contribution in [0.1, 0.15) is 37.4 Å². The summed E-state index contributed by atoms with van der Waals surface area (Å²) in [6, 6.07) is 10.9. The molecule has 0 radical (unpaired) electrons. The van der Waals surface area contributed by atoms with E-state index in [-0.39, 0.29) is 11.3 Å². The van der Waals surface area contributed by atoms with Crippen LogP contribution in [0.5, 0.6) is 5.75 Å². The average Bonchev–Trinajstić information content (AvgIpc) is 3.13. The molecular weight excluding hydrogens is 515 g/mol. The first-order valence-electron chi connectivity index (χ1n) is 12.5. The minimum atomic E-state index is -0.827. The Labute approximate surface area is 227 Å². The molecule has 2 heterocycles. The van der Waals surface area contributed by atoms with Crippen LogP contribution in [0, 0.1) is 5.92 Å². The van der Waals surface area contributed by atoms with E-state index in [1.54, 1.807) is 42.5 Å². The zero-order valence-corrected chi connectivity index (χ0v) is 22.6. The van der Waals surface area contributed by atoms with Gasteiger partial charge in [-0.2, -0.15) is 0 Å². The minimum Gasteiger partial charge on any atom is -0.507 e. The lowest BCUT2D eigenvalue weighted by molar-refractivity contribution is -0.140. The van der Waals surface area contributed by atoms with Gasteiger partial charge in [0.1, 0.15) is 11.5 Å². The molecule has 2 fully saturated rings. The number of amides is 1. The van der Waals surface area contributed by atoms with E-state index in [1.807, 2.05) is 0 Å². The predicted octanol–water partition coefficient (Wildman–Crippen LogP) is 5.17. The van der Waals surface area contributed by atoms with Gasteiger partial charge in [-0.1, -0.05) is 43.1 Å². The van der Waals surface area contributed by atoms with Crippen LogP contribution in [0.3, 0.4) is 0 Å². The third kappa shape index (κ3) is 6.47. The molecule has 0 bridgehead atoms. The Bertz CT molecular complexity index is 1160. The smallest absolute Gasteiger partial charge is 0.295 e. The minimum absolute atomic E-state index is 0.0106. The van der Waals surface area contributed by atoms with Gasteiger partial charge in [0.05, 0.1) is 31.4 Å². The van der Waals surface area contributed by atoms with E-state index in [1.165, 1.54) is 4.90 Å². The van der Waals surface area contributed by atoms with E-state index in [9.17, 15) is 14.7 Å². The molecule has 7 nitrogen and oxygen atoms in total. The number of carbonyl (C=O) groups excluding carboxylic acids is 2. The van der Waals surface area contributed by atoms with Gasteiger partial charge < -0.3 is 19.5 Å². The summed E-state index contributed by atoms with van der Waals surface area (Å²) >= 11 is 12.7. The van der Waals surface area contributed by atoms with E-state index < -0.39 is 17.7 Å². The van der Waals surface area contributed by atoms with Gasteiger partial charge in [-0.05, 0) is 54.3 Å². The average molecular weight is 547 g/mol. The first-order chi connectivity index (χ1) is 17.8. The Morgan fingerprint density at radius 3 is 2.43 bits per heavy atom. The molecule has 198 valence electrons. The second-order valence-electron chi connectivity index (χ2n) is 9.70. The predicted molar refractivity (Wildman–Crippen MR) is 144 cm³/mol. The van der Waals surface area contributed by atoms with Gasteiger partial charge in [-0.15, -0.1) is 0 Å². The van der Waals surface area contributed by atoms with Crippen molar-refractivity contribution in [1.29, 1.82) is 0 Å². The van der Waals surface area contributed by atoms with Crippen molar-refractivity contribution in [3.05, 3.63) is 69.2 Å². The maximum Gasteiger partial charge on any atom is 0.295 e. The third-order valence-electron chi connectivity index (χ3n) is 6.49. The molecule has 2 aliphatic rings. The van der Waals surface area contributed by atoms with Crippen molar-refractivity contribution >= 4 is 40.7 Å². The molecule has 2 aromatic carbocycles. The summed E-state index contributed by atoms with van der Waals surface area (Å²) in [5, 5.41) is 12.0. The highest BCUT2D eigenvalue weighted by molar-refractivity contribution is 6.47. The number of hydrogen-bond acceptors (Lipinski definition) is 6. The number of ketones is 1. The summed E-state index contributed by atoms with van der Waals surface area (Å²) in [5.41, 5.74) is 0.963. The zero-order valence-electron chi connectivity index (χ0n) is 21.1. The van der Waals surface area contributed by atoms with Crippen molar-refractivity contribution in [1.82, 2.24) is 9.80 Å². The van der Waals surface area contributed by atoms with Crippen LogP contribution in [-0.2, 0) is 14.3 Å². The molecule has 1 unspecified atom stereocenters. The van der Waals surface area contributed by atoms with Crippen molar-refractivity contribution in [3.63, 3.8) is 0 Å². The molecule has 37 heavy (non-hydrogen) atoms. The quantitative estimate of drug-likeness (QED) is 0.265. The number of aliphatic hydroxyl groups excluding tert-OH is 1. The monoisotopic (exact) mass is 546 g/mol. The highest BCUT2D eigenvalue weighted by Gasteiger charge is 2.46. The Hall–Kier alpha value is -2.58. The van der Waals surface area contributed by atoms with Gasteiger partial charge in [0.15, 0.2) is 0 Å². The van der Waals surface area contributed by atoms with E-state index in [0.29, 0.717) is 65.6 Å². The number of rotatable bonds is 9. The molecule has 9 heteroatoms. The Kier molecular flexibility index (Phi) is 9.13. The standard InChI is InChI=1S/C28H32Cl2N2O5/c1-18(2)17-37-21-7-4-19(5-8-21)26(33)24-25(22-9-6-20(29)16-23(22)30)32(28(35)27(24)34)11-3-10-31-12-14-36-15-13-31/h4-9,16,18,25,33H,3,10-15,17H2,1-2H3/b26-24+. The first-order valence-corrected chi connectivity index (χ1v) is 13.3. The topological polar surface area (TPSA) is 79.3 Å². The molecule has 0 saturated carbocycles. The lowest BCUT2D eigenvalue weighted by Gasteiger charge is -2.29. The van der Waals surface area contributed by atoms with Gasteiger partial charge in [0, 0.05) is 41.8 Å². The maximum atomic E-state index is 13.3. The SMILES string of the molecule is CC(C)COc1ccc(/C(O)=C2\C(=O)C(=O)N(CCCN3CCOCC3)C2c2ccc(Cl)cc2Cl)cc1. The molecule has 0 aromatic heterocycles. The second kappa shape index (κ2) is 12.3. The molecule has 1 amide bonds. The number of morpholine rings is 1. The van der Waals surface area contributed by atoms with Gasteiger partial charge in [-0.25, -0.2) is 0 Å². The normalized spacial score (nSPS) is 20.1. The van der Waals surface area contributed by atoms with Crippen LogP contribution in [0.15, 0.2) is 48.0 Å². The summed E-state index contributed by atoms with van der Waals surface area (Å²) in [4.78, 5) is 30.3. The zero-order chi connectivity index (χ0) is 26.5. The number of nitrogens with zero attached hydrogens (tertiary/aromatic N) is 2. The fraction of sp³-hybridized carbons (Fsp3) is 0.429.